The molecule has 1 aromatic carbocycles. The maximum Gasteiger partial charge on any atom is 0.160 e. The lowest BCUT2D eigenvalue weighted by Crippen LogP contribution is -2.25. The number of carbonyl (C=O) groups is 1. The van der Waals surface area contributed by atoms with Gasteiger partial charge in [0.25, 0.3) is 0 Å². The molecular formula is C15H18O. The number of Topliss-reactive ketones (excluding diaryl/α,β-unsaturated/α-hetero) is 1. The maximum atomic E-state index is 11.5. The first kappa shape index (κ1) is 11.1. The summed E-state index contributed by atoms with van der Waals surface area (Å²) in [5.74, 6) is 0.704. The maximum absolute atomic E-state index is 11.5. The zero-order valence-corrected chi connectivity index (χ0v) is 9.78. The Balaban J connectivity index is 2.07. The average molecular weight is 214 g/mol. The largest absolute Gasteiger partial charge is 0.295 e. The molecule has 1 nitrogen and oxygen atoms in total. The smallest absolute Gasteiger partial charge is 0.160 e. The quantitative estimate of drug-likeness (QED) is 0.549. The van der Waals surface area contributed by atoms with E-state index in [9.17, 15) is 4.79 Å². The highest BCUT2D eigenvalue weighted by molar-refractivity contribution is 6.04. The van der Waals surface area contributed by atoms with Crippen LogP contribution in [0.1, 0.15) is 44.1 Å². The Kier molecular flexibility index (Phi) is 3.55. The lowest BCUT2D eigenvalue weighted by atomic mass is 9.73. The zero-order valence-electron chi connectivity index (χ0n) is 9.78. The molecule has 0 spiro atoms. The van der Waals surface area contributed by atoms with Gasteiger partial charge in [-0.3, -0.25) is 4.79 Å². The van der Waals surface area contributed by atoms with Crippen molar-refractivity contribution in [2.45, 2.75) is 38.5 Å². The summed E-state index contributed by atoms with van der Waals surface area (Å²) >= 11 is 0. The number of hydrogen-bond donors (Lipinski definition) is 0. The van der Waals surface area contributed by atoms with E-state index >= 15 is 0 Å². The number of hydrogen-bond acceptors (Lipinski definition) is 1. The van der Waals surface area contributed by atoms with Gasteiger partial charge in [0, 0.05) is 12.3 Å². The van der Waals surface area contributed by atoms with Crippen molar-refractivity contribution in [1.82, 2.24) is 0 Å². The topological polar surface area (TPSA) is 17.1 Å². The molecule has 0 amide bonds. The van der Waals surface area contributed by atoms with E-state index in [4.69, 9.17) is 0 Å². The van der Waals surface area contributed by atoms with Crippen LogP contribution in [-0.4, -0.2) is 5.78 Å². The van der Waals surface area contributed by atoms with Crippen LogP contribution in [0.5, 0.6) is 0 Å². The van der Waals surface area contributed by atoms with Gasteiger partial charge in [-0.1, -0.05) is 56.2 Å². The van der Waals surface area contributed by atoms with Crippen molar-refractivity contribution in [3.05, 3.63) is 47.5 Å². The number of allylic oxidation sites excluding steroid dienone is 2. The molecule has 0 aliphatic heterocycles. The SMILES string of the molecule is CCCC/C=C1\C(=O)C[C@H]1c1ccccc1. The van der Waals surface area contributed by atoms with Crippen LogP contribution < -0.4 is 0 Å². The van der Waals surface area contributed by atoms with Crippen molar-refractivity contribution in [3.8, 4) is 0 Å². The molecule has 1 fully saturated rings. The summed E-state index contributed by atoms with van der Waals surface area (Å²) in [5.41, 5.74) is 2.32. The van der Waals surface area contributed by atoms with Crippen LogP contribution in [0.15, 0.2) is 42.0 Å². The van der Waals surface area contributed by atoms with Gasteiger partial charge in [0.05, 0.1) is 0 Å². The van der Waals surface area contributed by atoms with E-state index in [2.05, 4.69) is 25.1 Å². The standard InChI is InChI=1S/C15H18O/c1-2-3-5-10-13-14(11-15(13)16)12-8-6-4-7-9-12/h4,6-10,14H,2-3,5,11H2,1H3/b13-10-/t14-/m0/s1. The van der Waals surface area contributed by atoms with Crippen LogP contribution in [0.3, 0.4) is 0 Å². The van der Waals surface area contributed by atoms with Crippen molar-refractivity contribution >= 4 is 5.78 Å². The fraction of sp³-hybridized carbons (Fsp3) is 0.400. The molecule has 0 radical (unpaired) electrons. The molecule has 0 N–H and O–H groups in total. The molecule has 1 aromatic rings. The second kappa shape index (κ2) is 5.11. The Bertz CT molecular complexity index is 389. The van der Waals surface area contributed by atoms with E-state index < -0.39 is 0 Å². The van der Waals surface area contributed by atoms with E-state index in [1.807, 2.05) is 18.2 Å². The molecule has 0 heterocycles. The third-order valence-corrected chi connectivity index (χ3v) is 3.21. The first-order valence-corrected chi connectivity index (χ1v) is 6.11. The van der Waals surface area contributed by atoms with Gasteiger partial charge >= 0.3 is 0 Å². The fourth-order valence-electron chi connectivity index (χ4n) is 2.18. The van der Waals surface area contributed by atoms with Gasteiger partial charge in [0.1, 0.15) is 0 Å². The van der Waals surface area contributed by atoms with E-state index in [1.54, 1.807) is 0 Å². The van der Waals surface area contributed by atoms with Gasteiger partial charge in [-0.05, 0) is 17.6 Å². The molecule has 2 rings (SSSR count). The Labute approximate surface area is 97.2 Å². The van der Waals surface area contributed by atoms with Crippen LogP contribution >= 0.6 is 0 Å². The molecule has 0 saturated heterocycles. The second-order valence-corrected chi connectivity index (χ2v) is 4.39. The average Bonchev–Trinajstić information content (AvgIpc) is 2.32. The monoisotopic (exact) mass is 214 g/mol. The molecule has 0 unspecified atom stereocenters. The fourth-order valence-corrected chi connectivity index (χ4v) is 2.18. The number of ketones is 1. The predicted octanol–water partition coefficient (Wildman–Crippen LogP) is 3.86. The molecule has 1 atom stereocenters. The van der Waals surface area contributed by atoms with Crippen LogP contribution in [0.2, 0.25) is 0 Å². The van der Waals surface area contributed by atoms with Gasteiger partial charge in [-0.25, -0.2) is 0 Å². The molecular weight excluding hydrogens is 196 g/mol. The van der Waals surface area contributed by atoms with E-state index in [1.165, 1.54) is 18.4 Å². The Morgan fingerprint density at radius 3 is 2.69 bits per heavy atom. The van der Waals surface area contributed by atoms with Crippen molar-refractivity contribution < 1.29 is 4.79 Å². The Morgan fingerprint density at radius 1 is 1.31 bits per heavy atom. The summed E-state index contributed by atoms with van der Waals surface area (Å²) < 4.78 is 0. The van der Waals surface area contributed by atoms with Crippen LogP contribution in [0, 0.1) is 0 Å². The van der Waals surface area contributed by atoms with Gasteiger partial charge in [-0.2, -0.15) is 0 Å². The van der Waals surface area contributed by atoms with Gasteiger partial charge < -0.3 is 0 Å². The van der Waals surface area contributed by atoms with Crippen molar-refractivity contribution in [2.24, 2.45) is 0 Å². The van der Waals surface area contributed by atoms with Crippen LogP contribution in [0.4, 0.5) is 0 Å². The normalized spacial score (nSPS) is 22.2. The lowest BCUT2D eigenvalue weighted by Gasteiger charge is -2.28. The summed E-state index contributed by atoms with van der Waals surface area (Å²) in [7, 11) is 0. The van der Waals surface area contributed by atoms with Crippen LogP contribution in [0.25, 0.3) is 0 Å². The van der Waals surface area contributed by atoms with Gasteiger partial charge in [0.15, 0.2) is 5.78 Å². The Morgan fingerprint density at radius 2 is 2.06 bits per heavy atom. The summed E-state index contributed by atoms with van der Waals surface area (Å²) in [4.78, 5) is 11.5. The summed E-state index contributed by atoms with van der Waals surface area (Å²) in [6.45, 7) is 2.18. The molecule has 84 valence electrons. The highest BCUT2D eigenvalue weighted by Crippen LogP contribution is 2.39. The number of unbranched alkanes of at least 4 members (excludes halogenated alkanes) is 2. The molecule has 1 saturated carbocycles. The lowest BCUT2D eigenvalue weighted by molar-refractivity contribution is -0.119. The molecule has 0 bridgehead atoms. The minimum Gasteiger partial charge on any atom is -0.295 e. The van der Waals surface area contributed by atoms with Gasteiger partial charge in [0.2, 0.25) is 0 Å². The van der Waals surface area contributed by atoms with Crippen LogP contribution in [-0.2, 0) is 4.79 Å². The predicted molar refractivity (Wildman–Crippen MR) is 66.4 cm³/mol. The molecule has 16 heavy (non-hydrogen) atoms. The van der Waals surface area contributed by atoms with E-state index in [-0.39, 0.29) is 0 Å². The number of benzene rings is 1. The summed E-state index contributed by atoms with van der Waals surface area (Å²) in [5, 5.41) is 0. The van der Waals surface area contributed by atoms with E-state index in [0.717, 1.165) is 12.0 Å². The second-order valence-electron chi connectivity index (χ2n) is 4.39. The highest BCUT2D eigenvalue weighted by atomic mass is 16.1. The van der Waals surface area contributed by atoms with Gasteiger partial charge in [-0.15, -0.1) is 0 Å². The zero-order chi connectivity index (χ0) is 11.4. The Hall–Kier alpha value is -1.37. The molecule has 1 aliphatic carbocycles. The minimum atomic E-state index is 0.338. The van der Waals surface area contributed by atoms with Crippen molar-refractivity contribution in [2.75, 3.05) is 0 Å². The number of rotatable bonds is 4. The first-order valence-electron chi connectivity index (χ1n) is 6.11. The first-order chi connectivity index (χ1) is 7.83. The highest BCUT2D eigenvalue weighted by Gasteiger charge is 2.33. The van der Waals surface area contributed by atoms with Crippen molar-refractivity contribution in [3.63, 3.8) is 0 Å². The van der Waals surface area contributed by atoms with E-state index in [0.29, 0.717) is 18.1 Å². The number of carbonyl (C=O) groups excluding carboxylic acids is 1. The third kappa shape index (κ3) is 2.24. The minimum absolute atomic E-state index is 0.338. The summed E-state index contributed by atoms with van der Waals surface area (Å²) in [6.07, 6.45) is 6.25. The molecule has 1 heteroatoms. The molecule has 1 aliphatic rings. The van der Waals surface area contributed by atoms with Crippen molar-refractivity contribution in [1.29, 1.82) is 0 Å². The molecule has 0 aromatic heterocycles. The summed E-state index contributed by atoms with van der Waals surface area (Å²) in [6, 6.07) is 10.3. The third-order valence-electron chi connectivity index (χ3n) is 3.21.